The summed E-state index contributed by atoms with van der Waals surface area (Å²) in [5.74, 6) is 0.985. The van der Waals surface area contributed by atoms with Gasteiger partial charge in [0, 0.05) is 43.4 Å². The Labute approximate surface area is 258 Å². The van der Waals surface area contributed by atoms with Crippen molar-refractivity contribution in [2.24, 2.45) is 17.8 Å². The van der Waals surface area contributed by atoms with Gasteiger partial charge in [-0.05, 0) is 61.4 Å². The van der Waals surface area contributed by atoms with Crippen LogP contribution in [0.25, 0.3) is 0 Å². The molecule has 3 heterocycles. The van der Waals surface area contributed by atoms with Crippen molar-refractivity contribution in [2.75, 3.05) is 61.1 Å². The van der Waals surface area contributed by atoms with E-state index in [-0.39, 0.29) is 35.5 Å². The predicted molar refractivity (Wildman–Crippen MR) is 161 cm³/mol. The topological polar surface area (TPSA) is 114 Å². The van der Waals surface area contributed by atoms with Crippen LogP contribution < -0.4 is 24.3 Å². The number of anilines is 1. The van der Waals surface area contributed by atoms with E-state index in [0.29, 0.717) is 29.6 Å². The highest BCUT2D eigenvalue weighted by Gasteiger charge is 2.56. The zero-order valence-corrected chi connectivity index (χ0v) is 26.2. The molecule has 2 unspecified atom stereocenters. The number of nitrogens with zero attached hydrogens (tertiary/aromatic N) is 1. The molecule has 6 rings (SSSR count). The Morgan fingerprint density at radius 2 is 1.66 bits per heavy atom. The minimum Gasteiger partial charge on any atom is -0.497 e. The first-order valence-corrected chi connectivity index (χ1v) is 15.2. The van der Waals surface area contributed by atoms with Crippen LogP contribution in [0.2, 0.25) is 0 Å². The van der Waals surface area contributed by atoms with E-state index in [9.17, 15) is 9.59 Å². The molecule has 1 aliphatic carbocycles. The number of rotatable bonds is 8. The van der Waals surface area contributed by atoms with E-state index in [1.807, 2.05) is 6.07 Å². The third-order valence-corrected chi connectivity index (χ3v) is 10.2. The average molecular weight is 611 g/mol. The van der Waals surface area contributed by atoms with Gasteiger partial charge in [0.05, 0.1) is 47.0 Å². The van der Waals surface area contributed by atoms with Crippen LogP contribution in [0, 0.1) is 17.8 Å². The first kappa shape index (κ1) is 30.3. The maximum atomic E-state index is 13.5. The van der Waals surface area contributed by atoms with E-state index >= 15 is 0 Å². The zero-order chi connectivity index (χ0) is 31.1. The maximum absolute atomic E-state index is 13.5. The lowest BCUT2D eigenvalue weighted by molar-refractivity contribution is -0.177. The third kappa shape index (κ3) is 5.09. The van der Waals surface area contributed by atoms with E-state index in [1.54, 1.807) is 26.4 Å². The summed E-state index contributed by atoms with van der Waals surface area (Å²) in [5.41, 5.74) is 2.71. The molecule has 1 saturated carbocycles. The highest BCUT2D eigenvalue weighted by atomic mass is 16.6. The van der Waals surface area contributed by atoms with Crippen LogP contribution >= 0.6 is 0 Å². The largest absolute Gasteiger partial charge is 0.497 e. The fraction of sp³-hybridized carbons (Fsp3) is 0.576. The van der Waals surface area contributed by atoms with Gasteiger partial charge in [-0.15, -0.1) is 0 Å². The second kappa shape index (κ2) is 12.4. The molecule has 11 heteroatoms. The highest BCUT2D eigenvalue weighted by Crippen LogP contribution is 2.51. The highest BCUT2D eigenvalue weighted by molar-refractivity contribution is 5.91. The van der Waals surface area contributed by atoms with Crippen LogP contribution in [0.1, 0.15) is 41.1 Å². The van der Waals surface area contributed by atoms with Crippen molar-refractivity contribution in [1.82, 2.24) is 4.90 Å². The second-order valence-corrected chi connectivity index (χ2v) is 12.1. The molecule has 0 radical (unpaired) electrons. The molecule has 11 nitrogen and oxygen atoms in total. The number of hydrogen-bond donors (Lipinski definition) is 1. The summed E-state index contributed by atoms with van der Waals surface area (Å²) < 4.78 is 39.2. The smallest absolute Gasteiger partial charge is 0.338 e. The van der Waals surface area contributed by atoms with Gasteiger partial charge in [-0.3, -0.25) is 9.69 Å². The normalized spacial score (nSPS) is 30.4. The van der Waals surface area contributed by atoms with Crippen molar-refractivity contribution in [3.05, 3.63) is 41.5 Å². The van der Waals surface area contributed by atoms with Gasteiger partial charge in [0.15, 0.2) is 11.5 Å². The molecule has 3 aliphatic heterocycles. The lowest BCUT2D eigenvalue weighted by Gasteiger charge is -2.55. The summed E-state index contributed by atoms with van der Waals surface area (Å²) >= 11 is 0. The summed E-state index contributed by atoms with van der Waals surface area (Å²) in [5, 5.41) is 3.80. The van der Waals surface area contributed by atoms with Crippen molar-refractivity contribution >= 4 is 17.6 Å². The molecule has 8 atom stereocenters. The Bertz CT molecular complexity index is 1370. The molecule has 4 aliphatic rings. The number of piperidine rings is 2. The number of hydrogen-bond acceptors (Lipinski definition) is 11. The predicted octanol–water partition coefficient (Wildman–Crippen LogP) is 3.74. The monoisotopic (exact) mass is 610 g/mol. The van der Waals surface area contributed by atoms with Crippen molar-refractivity contribution < 1.29 is 42.7 Å². The summed E-state index contributed by atoms with van der Waals surface area (Å²) in [6.45, 7) is 1.77. The van der Waals surface area contributed by atoms with Crippen molar-refractivity contribution in [3.63, 3.8) is 0 Å². The number of fused-ring (bicyclic) bond motifs is 6. The van der Waals surface area contributed by atoms with Crippen LogP contribution in [0.5, 0.6) is 23.0 Å². The van der Waals surface area contributed by atoms with Gasteiger partial charge in [-0.25, -0.2) is 4.79 Å². The van der Waals surface area contributed by atoms with Gasteiger partial charge in [0.1, 0.15) is 18.0 Å². The SMILES string of the molecule is COC(=O)[C@H]1[C@H]2C[C@@H]3C4Nc5cc(OC)ccc5C4CCN3C[C@H]2C[C@@H](OC(=O)c2cc(OC)c(OC)c(OC)c2)[C@@H]1OC. The quantitative estimate of drug-likeness (QED) is 0.441. The lowest BCUT2D eigenvalue weighted by atomic mass is 9.62. The van der Waals surface area contributed by atoms with E-state index in [0.717, 1.165) is 37.4 Å². The number of methoxy groups -OCH3 is 6. The lowest BCUT2D eigenvalue weighted by Crippen LogP contribution is -2.63. The molecular weight excluding hydrogens is 568 g/mol. The number of carbonyl (C=O) groups is 2. The molecule has 238 valence electrons. The zero-order valence-electron chi connectivity index (χ0n) is 26.2. The minimum atomic E-state index is -0.654. The molecule has 2 aromatic rings. The van der Waals surface area contributed by atoms with Gasteiger partial charge in [-0.2, -0.15) is 0 Å². The van der Waals surface area contributed by atoms with Crippen LogP contribution in [0.15, 0.2) is 30.3 Å². The fourth-order valence-electron chi connectivity index (χ4n) is 8.27. The third-order valence-electron chi connectivity index (χ3n) is 10.2. The Hall–Kier alpha value is -3.70. The van der Waals surface area contributed by atoms with E-state index in [2.05, 4.69) is 22.3 Å². The van der Waals surface area contributed by atoms with Crippen molar-refractivity contribution in [3.8, 4) is 23.0 Å². The number of esters is 2. The average Bonchev–Trinajstić information content (AvgIpc) is 3.43. The molecule has 1 N–H and O–H groups in total. The summed E-state index contributed by atoms with van der Waals surface area (Å²) in [6, 6.07) is 9.90. The molecule has 2 saturated heterocycles. The molecule has 0 aromatic heterocycles. The van der Waals surface area contributed by atoms with Gasteiger partial charge in [0.2, 0.25) is 5.75 Å². The summed E-state index contributed by atoms with van der Waals surface area (Å²) in [7, 11) is 9.14. The molecule has 3 fully saturated rings. The minimum absolute atomic E-state index is 0.0172. The Balaban J connectivity index is 1.25. The number of ether oxygens (including phenoxy) is 7. The van der Waals surface area contributed by atoms with Crippen LogP contribution in [-0.4, -0.2) is 96.9 Å². The molecular formula is C33H42N2O9. The molecule has 44 heavy (non-hydrogen) atoms. The Kier molecular flexibility index (Phi) is 8.52. The standard InChI is InChI=1S/C33H42N2O9/c1-38-19-7-8-20-21-9-10-35-16-18-13-27(44-32(36)17-11-25(39-2)30(41-4)26(12-17)40-3)31(42-5)28(33(37)43-6)22(18)15-24(35)29(21)34-23(20)14-19/h7-8,11-12,14,18,21-22,24,27-29,31,34H,9-10,13,15-16H2,1-6H3/t18-,21?,22+,24-,27-,28+,29?,31+/m1/s1. The Morgan fingerprint density at radius 3 is 2.30 bits per heavy atom. The number of carbonyl (C=O) groups excluding carboxylic acids is 2. The first-order chi connectivity index (χ1) is 21.3. The molecule has 2 aromatic carbocycles. The van der Waals surface area contributed by atoms with Gasteiger partial charge in [0.25, 0.3) is 0 Å². The fourth-order valence-corrected chi connectivity index (χ4v) is 8.27. The van der Waals surface area contributed by atoms with Gasteiger partial charge >= 0.3 is 11.9 Å². The van der Waals surface area contributed by atoms with Crippen LogP contribution in [0.4, 0.5) is 5.69 Å². The van der Waals surface area contributed by atoms with Crippen molar-refractivity contribution in [2.45, 2.75) is 49.5 Å². The van der Waals surface area contributed by atoms with E-state index < -0.39 is 24.1 Å². The van der Waals surface area contributed by atoms with Crippen LogP contribution in [-0.2, 0) is 19.0 Å². The molecule has 0 spiro atoms. The van der Waals surface area contributed by atoms with Gasteiger partial charge < -0.3 is 38.5 Å². The summed E-state index contributed by atoms with van der Waals surface area (Å²) in [4.78, 5) is 29.5. The first-order valence-electron chi connectivity index (χ1n) is 15.2. The molecule has 0 amide bonds. The van der Waals surface area contributed by atoms with Crippen LogP contribution in [0.3, 0.4) is 0 Å². The second-order valence-electron chi connectivity index (χ2n) is 12.1. The van der Waals surface area contributed by atoms with E-state index in [1.165, 1.54) is 34.0 Å². The number of nitrogens with one attached hydrogen (secondary N) is 1. The molecule has 0 bridgehead atoms. The Morgan fingerprint density at radius 1 is 0.909 bits per heavy atom. The van der Waals surface area contributed by atoms with Gasteiger partial charge in [-0.1, -0.05) is 6.07 Å². The van der Waals surface area contributed by atoms with Crippen molar-refractivity contribution in [1.29, 1.82) is 0 Å². The number of benzene rings is 2. The maximum Gasteiger partial charge on any atom is 0.338 e. The van der Waals surface area contributed by atoms with E-state index in [4.69, 9.17) is 33.2 Å². The summed E-state index contributed by atoms with van der Waals surface area (Å²) in [6.07, 6.45) is 1.14.